The Balaban J connectivity index is -0.0000000500. The van der Waals surface area contributed by atoms with E-state index in [1.165, 1.54) is 0 Å². The molecule has 0 aromatic carbocycles. The van der Waals surface area contributed by atoms with Crippen LogP contribution in [-0.2, 0) is 9.13 Å². The van der Waals surface area contributed by atoms with Gasteiger partial charge in [0.05, 0.1) is 6.61 Å². The number of hydrogen-bond acceptors (Lipinski definition) is 3. The summed E-state index contributed by atoms with van der Waals surface area (Å²) in [7, 11) is -9.82. The predicted molar refractivity (Wildman–Crippen MR) is 70.7 cm³/mol. The molecule has 16 heavy (non-hydrogen) atoms. The van der Waals surface area contributed by atoms with Crippen LogP contribution in [0.1, 0.15) is 0 Å². The average Bonchev–Trinajstić information content (AvgIpc) is 1.56. The van der Waals surface area contributed by atoms with Gasteiger partial charge in [0.25, 0.3) is 0 Å². The van der Waals surface area contributed by atoms with Crippen LogP contribution in [0.4, 0.5) is 0 Å². The van der Waals surface area contributed by atoms with Gasteiger partial charge in [-0.2, -0.15) is 0 Å². The van der Waals surface area contributed by atoms with E-state index in [0.717, 1.165) is 0 Å². The zero-order chi connectivity index (χ0) is 9.28. The van der Waals surface area contributed by atoms with Crippen LogP contribution < -0.4 is 0 Å². The fourth-order valence-corrected chi connectivity index (χ4v) is 2.40. The van der Waals surface area contributed by atoms with Gasteiger partial charge in [-0.15, -0.1) is 0 Å². The van der Waals surface area contributed by atoms with Crippen molar-refractivity contribution >= 4 is 163 Å². The normalized spacial score (nSPS) is 9.62. The molecule has 0 aromatic heterocycles. The molecule has 0 saturated heterocycles. The summed E-state index contributed by atoms with van der Waals surface area (Å²) in [6.07, 6.45) is 0. The second-order valence-corrected chi connectivity index (χ2v) is 5.85. The summed E-state index contributed by atoms with van der Waals surface area (Å²) in [5, 5.41) is 5.92. The quantitative estimate of drug-likeness (QED) is 0.260. The Morgan fingerprint density at radius 2 is 0.938 bits per heavy atom. The molecular weight excluding hydrogens is 313 g/mol. The average molecular weight is 326 g/mol. The molecule has 0 spiro atoms. The zero-order valence-corrected chi connectivity index (χ0v) is 7.02. The topological polar surface area (TPSA) is 135 Å². The number of aliphatic hydroxyl groups excluding tert-OH is 1. The molecule has 0 bridgehead atoms. The molecule has 7 nitrogen and oxygen atoms in total. The molecule has 78 valence electrons. The molecule has 0 aliphatic heterocycles. The van der Waals surface area contributed by atoms with E-state index in [1.54, 1.807) is 0 Å². The molecule has 0 fully saturated rings. The number of aliphatic hydroxyl groups is 1. The van der Waals surface area contributed by atoms with Gasteiger partial charge in [-0.3, -0.25) is 9.13 Å². The summed E-state index contributed by atoms with van der Waals surface area (Å²) in [5.41, 5.74) is 0. The van der Waals surface area contributed by atoms with Crippen LogP contribution in [0.5, 0.6) is 0 Å². The van der Waals surface area contributed by atoms with Gasteiger partial charge in [0, 0.05) is 0 Å². The van der Waals surface area contributed by atoms with E-state index >= 15 is 0 Å². The van der Waals surface area contributed by atoms with E-state index in [-0.39, 0.29) is 148 Å². The van der Waals surface area contributed by atoms with E-state index in [0.29, 0.717) is 0 Å². The second-order valence-electron chi connectivity index (χ2n) is 1.84. The molecule has 0 aliphatic rings. The van der Waals surface area contributed by atoms with Crippen LogP contribution >= 0.6 is 15.2 Å². The SMILES string of the molecule is O=P(O)(O)C(CO)P(=O)(O)O.[NaH].[NaH].[NaH].[NaH].[NaH]. The van der Waals surface area contributed by atoms with Crippen LogP contribution in [-0.4, -0.2) is 184 Å². The van der Waals surface area contributed by atoms with E-state index < -0.39 is 27.2 Å². The van der Waals surface area contributed by atoms with E-state index in [2.05, 4.69) is 0 Å². The molecule has 0 saturated carbocycles. The van der Waals surface area contributed by atoms with E-state index in [1.807, 2.05) is 0 Å². The molecule has 0 aromatic rings. The third-order valence-corrected chi connectivity index (χ3v) is 4.62. The first-order chi connectivity index (χ1) is 4.69. The van der Waals surface area contributed by atoms with Gasteiger partial charge in [-0.25, -0.2) is 0 Å². The summed E-state index contributed by atoms with van der Waals surface area (Å²) in [6, 6.07) is 0. The van der Waals surface area contributed by atoms with Gasteiger partial charge in [-0.1, -0.05) is 0 Å². The molecule has 14 heteroatoms. The molecule has 5 N–H and O–H groups in total. The fourth-order valence-electron chi connectivity index (χ4n) is 0.409. The van der Waals surface area contributed by atoms with Gasteiger partial charge >= 0.3 is 163 Å². The Morgan fingerprint density at radius 1 is 0.750 bits per heavy atom. The molecule has 0 amide bonds. The first kappa shape index (κ1) is 37.5. The molecule has 0 unspecified atom stereocenters. The van der Waals surface area contributed by atoms with Crippen molar-refractivity contribution in [3.63, 3.8) is 0 Å². The Labute approximate surface area is 204 Å². The van der Waals surface area contributed by atoms with Crippen molar-refractivity contribution in [1.82, 2.24) is 0 Å². The minimum absolute atomic E-state index is 0. The van der Waals surface area contributed by atoms with Crippen LogP contribution in [0.15, 0.2) is 0 Å². The second kappa shape index (κ2) is 16.6. The summed E-state index contributed by atoms with van der Waals surface area (Å²) in [6.45, 7) is -1.24. The van der Waals surface area contributed by atoms with E-state index in [9.17, 15) is 9.13 Å². The fraction of sp³-hybridized carbons (Fsp3) is 1.00. The Kier molecular flexibility index (Phi) is 38.9. The van der Waals surface area contributed by atoms with Gasteiger partial charge in [-0.05, 0) is 0 Å². The minimum atomic E-state index is -4.91. The Bertz CT molecular complexity index is 203. The van der Waals surface area contributed by atoms with Crippen LogP contribution in [0.2, 0.25) is 0 Å². The van der Waals surface area contributed by atoms with Crippen molar-refractivity contribution in [3.8, 4) is 0 Å². The Hall–Kier alpha value is 5.26. The van der Waals surface area contributed by atoms with Crippen molar-refractivity contribution in [2.75, 3.05) is 6.61 Å². The van der Waals surface area contributed by atoms with Crippen molar-refractivity contribution in [2.45, 2.75) is 5.40 Å². The van der Waals surface area contributed by atoms with Crippen molar-refractivity contribution in [2.24, 2.45) is 0 Å². The molecular formula is C2H13Na5O7P2. The van der Waals surface area contributed by atoms with Crippen LogP contribution in [0.25, 0.3) is 0 Å². The maximum absolute atomic E-state index is 10.3. The molecule has 0 aliphatic carbocycles. The van der Waals surface area contributed by atoms with Gasteiger partial charge in [0.1, 0.15) is 0 Å². The summed E-state index contributed by atoms with van der Waals surface area (Å²) in [5.74, 6) is 0. The van der Waals surface area contributed by atoms with Crippen molar-refractivity contribution < 1.29 is 33.8 Å². The first-order valence-electron chi connectivity index (χ1n) is 2.41. The maximum atomic E-state index is 10.3. The summed E-state index contributed by atoms with van der Waals surface area (Å²) < 4.78 is 20.5. The number of rotatable bonds is 3. The summed E-state index contributed by atoms with van der Waals surface area (Å²) >= 11 is 0. The van der Waals surface area contributed by atoms with Crippen LogP contribution in [0.3, 0.4) is 0 Å². The molecule has 0 heterocycles. The van der Waals surface area contributed by atoms with Crippen LogP contribution in [0, 0.1) is 0 Å². The third kappa shape index (κ3) is 17.3. The Morgan fingerprint density at radius 3 is 0.938 bits per heavy atom. The van der Waals surface area contributed by atoms with E-state index in [4.69, 9.17) is 24.7 Å². The molecule has 0 radical (unpaired) electrons. The molecule has 0 rings (SSSR count). The summed E-state index contributed by atoms with van der Waals surface area (Å²) in [4.78, 5) is 33.1. The van der Waals surface area contributed by atoms with Gasteiger partial charge in [0.15, 0.2) is 5.40 Å². The predicted octanol–water partition coefficient (Wildman–Crippen LogP) is -4.58. The monoisotopic (exact) mass is 326 g/mol. The third-order valence-electron chi connectivity index (χ3n) is 0.940. The standard InChI is InChI=1S/C2H8O7P2.5Na.5H/c3-1-2(10(4,5)6)11(7,8)9;;;;;;;;;;/h2-3H,1H2,(H2,4,5,6)(H2,7,8,9);;;;;;;;;;. The van der Waals surface area contributed by atoms with Crippen molar-refractivity contribution in [1.29, 1.82) is 0 Å². The van der Waals surface area contributed by atoms with Crippen molar-refractivity contribution in [3.05, 3.63) is 0 Å². The van der Waals surface area contributed by atoms with Gasteiger partial charge in [0.2, 0.25) is 0 Å². The molecule has 0 atom stereocenters. The van der Waals surface area contributed by atoms with Gasteiger partial charge < -0.3 is 24.7 Å². The number of hydrogen-bond donors (Lipinski definition) is 5. The zero-order valence-electron chi connectivity index (χ0n) is 5.23. The first-order valence-corrected chi connectivity index (χ1v) is 5.77.